The number of rotatable bonds is 8. The molecule has 7 nitrogen and oxygen atoms in total. The van der Waals surface area contributed by atoms with Crippen molar-refractivity contribution in [3.05, 3.63) is 54.1 Å². The lowest BCUT2D eigenvalue weighted by molar-refractivity contribution is -0.151. The first-order valence-corrected chi connectivity index (χ1v) is 10.2. The summed E-state index contributed by atoms with van der Waals surface area (Å²) in [5.41, 5.74) is 1.76. The van der Waals surface area contributed by atoms with E-state index in [2.05, 4.69) is 10.6 Å². The molecule has 0 bridgehead atoms. The number of benzene rings is 2. The van der Waals surface area contributed by atoms with Gasteiger partial charge >= 0.3 is 5.97 Å². The van der Waals surface area contributed by atoms with Crippen molar-refractivity contribution in [3.63, 3.8) is 0 Å². The standard InChI is InChI=1S/C21H22N2O5S/c1-14-6-8-15(9-7-14)29-11-10-22-19(24)13-27-20(25)12-18-21(26)23-16-4-2-3-5-17(16)28-18/h2-9,18H,10-13H2,1H3,(H,22,24)(H,23,26)/t18-/m0/s1. The lowest BCUT2D eigenvalue weighted by Gasteiger charge is -2.25. The second kappa shape index (κ2) is 9.97. The van der Waals surface area contributed by atoms with Crippen LogP contribution in [0, 0.1) is 6.92 Å². The van der Waals surface area contributed by atoms with Gasteiger partial charge in [-0.05, 0) is 31.2 Å². The zero-order chi connectivity index (χ0) is 20.6. The summed E-state index contributed by atoms with van der Waals surface area (Å²) in [5, 5.41) is 5.38. The van der Waals surface area contributed by atoms with E-state index >= 15 is 0 Å². The van der Waals surface area contributed by atoms with Crippen molar-refractivity contribution in [3.8, 4) is 5.75 Å². The molecule has 1 heterocycles. The molecule has 2 aromatic rings. The van der Waals surface area contributed by atoms with Gasteiger partial charge in [-0.2, -0.15) is 0 Å². The van der Waals surface area contributed by atoms with Crippen LogP contribution in [-0.4, -0.2) is 42.8 Å². The molecule has 8 heteroatoms. The van der Waals surface area contributed by atoms with E-state index in [-0.39, 0.29) is 18.9 Å². The van der Waals surface area contributed by atoms with Crippen molar-refractivity contribution in [1.29, 1.82) is 0 Å². The Morgan fingerprint density at radius 1 is 1.17 bits per heavy atom. The number of anilines is 1. The van der Waals surface area contributed by atoms with Gasteiger partial charge in [0.05, 0.1) is 12.1 Å². The minimum absolute atomic E-state index is 0.267. The van der Waals surface area contributed by atoms with Crippen LogP contribution in [0.3, 0.4) is 0 Å². The average Bonchev–Trinajstić information content (AvgIpc) is 2.71. The summed E-state index contributed by atoms with van der Waals surface area (Å²) < 4.78 is 10.5. The number of esters is 1. The maximum atomic E-state index is 12.0. The Bertz CT molecular complexity index is 885. The van der Waals surface area contributed by atoms with Gasteiger partial charge in [0.1, 0.15) is 5.75 Å². The molecule has 1 atom stereocenters. The van der Waals surface area contributed by atoms with Crippen LogP contribution in [0.5, 0.6) is 5.75 Å². The second-order valence-electron chi connectivity index (χ2n) is 6.47. The number of fused-ring (bicyclic) bond motifs is 1. The third-order valence-corrected chi connectivity index (χ3v) is 5.15. The Balaban J connectivity index is 1.33. The first-order valence-electron chi connectivity index (χ1n) is 9.19. The van der Waals surface area contributed by atoms with Crippen LogP contribution < -0.4 is 15.4 Å². The number of nitrogens with one attached hydrogen (secondary N) is 2. The topological polar surface area (TPSA) is 93.7 Å². The van der Waals surface area contributed by atoms with Crippen molar-refractivity contribution >= 4 is 35.2 Å². The normalized spacial score (nSPS) is 14.9. The molecule has 1 aliphatic heterocycles. The first kappa shape index (κ1) is 20.7. The summed E-state index contributed by atoms with van der Waals surface area (Å²) >= 11 is 1.63. The van der Waals surface area contributed by atoms with Crippen molar-refractivity contribution in [2.45, 2.75) is 24.3 Å². The van der Waals surface area contributed by atoms with Gasteiger partial charge in [0.15, 0.2) is 12.7 Å². The molecule has 152 valence electrons. The number of hydrogen-bond acceptors (Lipinski definition) is 6. The quantitative estimate of drug-likeness (QED) is 0.392. The van der Waals surface area contributed by atoms with Gasteiger partial charge in [-0.1, -0.05) is 29.8 Å². The fourth-order valence-corrected chi connectivity index (χ4v) is 3.40. The minimum Gasteiger partial charge on any atom is -0.478 e. The highest BCUT2D eigenvalue weighted by atomic mass is 32.2. The summed E-state index contributed by atoms with van der Waals surface area (Å²) in [4.78, 5) is 36.9. The Morgan fingerprint density at radius 3 is 2.72 bits per heavy atom. The van der Waals surface area contributed by atoms with E-state index in [1.165, 1.54) is 5.56 Å². The van der Waals surface area contributed by atoms with E-state index in [0.717, 1.165) is 4.90 Å². The zero-order valence-corrected chi connectivity index (χ0v) is 16.8. The molecule has 2 aromatic carbocycles. The molecule has 1 aliphatic rings. The third-order valence-electron chi connectivity index (χ3n) is 4.14. The summed E-state index contributed by atoms with van der Waals surface area (Å²) in [7, 11) is 0. The Morgan fingerprint density at radius 2 is 1.93 bits per heavy atom. The molecule has 0 aliphatic carbocycles. The number of para-hydroxylation sites is 2. The summed E-state index contributed by atoms with van der Waals surface area (Å²) in [6, 6.07) is 15.1. The molecule has 29 heavy (non-hydrogen) atoms. The molecule has 3 rings (SSSR count). The lowest BCUT2D eigenvalue weighted by Crippen LogP contribution is -2.39. The predicted octanol–water partition coefficient (Wildman–Crippen LogP) is 2.54. The van der Waals surface area contributed by atoms with Gasteiger partial charge in [0.25, 0.3) is 11.8 Å². The van der Waals surface area contributed by atoms with E-state index in [1.54, 1.807) is 36.0 Å². The number of amides is 2. The number of aryl methyl sites for hydroxylation is 1. The zero-order valence-electron chi connectivity index (χ0n) is 16.0. The van der Waals surface area contributed by atoms with Gasteiger partial charge < -0.3 is 20.1 Å². The molecule has 2 amide bonds. The van der Waals surface area contributed by atoms with Crippen LogP contribution in [0.15, 0.2) is 53.4 Å². The fraction of sp³-hybridized carbons (Fsp3) is 0.286. The van der Waals surface area contributed by atoms with Crippen molar-refractivity contribution < 1.29 is 23.9 Å². The highest BCUT2D eigenvalue weighted by Crippen LogP contribution is 2.29. The SMILES string of the molecule is Cc1ccc(SCCNC(=O)COC(=O)C[C@@H]2Oc3ccccc3NC2=O)cc1. The van der Waals surface area contributed by atoms with Crippen LogP contribution in [0.1, 0.15) is 12.0 Å². The maximum Gasteiger partial charge on any atom is 0.310 e. The Labute approximate surface area is 173 Å². The summed E-state index contributed by atoms with van der Waals surface area (Å²) in [6.07, 6.45) is -1.25. The van der Waals surface area contributed by atoms with Crippen LogP contribution in [0.4, 0.5) is 5.69 Å². The van der Waals surface area contributed by atoms with Gasteiger partial charge in [-0.15, -0.1) is 11.8 Å². The Kier molecular flexibility index (Phi) is 7.13. The summed E-state index contributed by atoms with van der Waals surface area (Å²) in [6.45, 7) is 2.10. The fourth-order valence-electron chi connectivity index (χ4n) is 2.63. The van der Waals surface area contributed by atoms with Crippen LogP contribution in [0.2, 0.25) is 0 Å². The van der Waals surface area contributed by atoms with E-state index in [4.69, 9.17) is 9.47 Å². The molecular weight excluding hydrogens is 392 g/mol. The van der Waals surface area contributed by atoms with Crippen LogP contribution >= 0.6 is 11.8 Å². The number of thioether (sulfide) groups is 1. The lowest BCUT2D eigenvalue weighted by atomic mass is 10.1. The largest absolute Gasteiger partial charge is 0.478 e. The number of carbonyl (C=O) groups is 3. The van der Waals surface area contributed by atoms with Crippen molar-refractivity contribution in [1.82, 2.24) is 5.32 Å². The second-order valence-corrected chi connectivity index (χ2v) is 7.64. The molecule has 0 radical (unpaired) electrons. The van der Waals surface area contributed by atoms with Gasteiger partial charge in [-0.3, -0.25) is 14.4 Å². The average molecular weight is 414 g/mol. The third kappa shape index (κ3) is 6.25. The smallest absolute Gasteiger partial charge is 0.310 e. The van der Waals surface area contributed by atoms with Crippen LogP contribution in [-0.2, 0) is 19.1 Å². The van der Waals surface area contributed by atoms with Crippen LogP contribution in [0.25, 0.3) is 0 Å². The van der Waals surface area contributed by atoms with E-state index in [9.17, 15) is 14.4 Å². The summed E-state index contributed by atoms with van der Waals surface area (Å²) in [5.74, 6) is -0.277. The van der Waals surface area contributed by atoms with E-state index in [0.29, 0.717) is 23.7 Å². The number of ether oxygens (including phenoxy) is 2. The molecule has 0 saturated carbocycles. The molecule has 0 saturated heterocycles. The monoisotopic (exact) mass is 414 g/mol. The molecule has 0 unspecified atom stereocenters. The van der Waals surface area contributed by atoms with Gasteiger partial charge in [-0.25, -0.2) is 0 Å². The predicted molar refractivity (Wildman–Crippen MR) is 110 cm³/mol. The molecule has 0 fully saturated rings. The molecule has 2 N–H and O–H groups in total. The highest BCUT2D eigenvalue weighted by Gasteiger charge is 2.30. The molecule has 0 spiro atoms. The number of hydrogen-bond donors (Lipinski definition) is 2. The highest BCUT2D eigenvalue weighted by molar-refractivity contribution is 7.99. The van der Waals surface area contributed by atoms with E-state index < -0.39 is 18.0 Å². The first-order chi connectivity index (χ1) is 14.0. The molecular formula is C21H22N2O5S. The maximum absolute atomic E-state index is 12.0. The Hall–Kier alpha value is -3.00. The van der Waals surface area contributed by atoms with Gasteiger partial charge in [0.2, 0.25) is 0 Å². The van der Waals surface area contributed by atoms with Crippen molar-refractivity contribution in [2.24, 2.45) is 0 Å². The molecule has 0 aromatic heterocycles. The van der Waals surface area contributed by atoms with Gasteiger partial charge in [0, 0.05) is 17.2 Å². The van der Waals surface area contributed by atoms with E-state index in [1.807, 2.05) is 31.2 Å². The van der Waals surface area contributed by atoms with Crippen molar-refractivity contribution in [2.75, 3.05) is 24.2 Å². The number of carbonyl (C=O) groups excluding carboxylic acids is 3. The minimum atomic E-state index is -0.980.